The fourth-order valence-corrected chi connectivity index (χ4v) is 1.62. The summed E-state index contributed by atoms with van der Waals surface area (Å²) >= 11 is 0. The van der Waals surface area contributed by atoms with Crippen molar-refractivity contribution < 1.29 is 14.4 Å². The number of amides is 1. The molecular weight excluding hydrogens is 220 g/mol. The Morgan fingerprint density at radius 3 is 2.88 bits per heavy atom. The van der Waals surface area contributed by atoms with Gasteiger partial charge in [0.05, 0.1) is 12.6 Å². The van der Waals surface area contributed by atoms with Crippen LogP contribution >= 0.6 is 0 Å². The molecule has 1 atom stereocenters. The van der Waals surface area contributed by atoms with E-state index >= 15 is 0 Å². The van der Waals surface area contributed by atoms with E-state index in [2.05, 4.69) is 10.5 Å². The molecule has 94 valence electrons. The van der Waals surface area contributed by atoms with Gasteiger partial charge in [0.15, 0.2) is 5.69 Å². The van der Waals surface area contributed by atoms with Gasteiger partial charge < -0.3 is 14.9 Å². The molecule has 1 saturated carbocycles. The monoisotopic (exact) mass is 238 g/mol. The molecule has 0 radical (unpaired) electrons. The highest BCUT2D eigenvalue weighted by atomic mass is 16.5. The minimum atomic E-state index is -0.284. The molecule has 1 aliphatic rings. The lowest BCUT2D eigenvalue weighted by Gasteiger charge is -2.18. The van der Waals surface area contributed by atoms with Crippen LogP contribution < -0.4 is 5.32 Å². The van der Waals surface area contributed by atoms with Crippen molar-refractivity contribution in [1.29, 1.82) is 0 Å². The second kappa shape index (κ2) is 4.87. The summed E-state index contributed by atoms with van der Waals surface area (Å²) in [6.45, 7) is 3.82. The van der Waals surface area contributed by atoms with Gasteiger partial charge in [0.2, 0.25) is 0 Å². The summed E-state index contributed by atoms with van der Waals surface area (Å²) < 4.78 is 5.11. The minimum absolute atomic E-state index is 0.0727. The van der Waals surface area contributed by atoms with Crippen LogP contribution in [0.2, 0.25) is 0 Å². The highest BCUT2D eigenvalue weighted by Gasteiger charge is 2.29. The minimum Gasteiger partial charge on any atom is -0.394 e. The third-order valence-electron chi connectivity index (χ3n) is 3.06. The van der Waals surface area contributed by atoms with Crippen molar-refractivity contribution >= 4 is 5.91 Å². The fourth-order valence-electron chi connectivity index (χ4n) is 1.62. The largest absolute Gasteiger partial charge is 0.394 e. The third-order valence-corrected chi connectivity index (χ3v) is 3.06. The van der Waals surface area contributed by atoms with E-state index in [0.717, 1.165) is 18.6 Å². The Balaban J connectivity index is 1.98. The van der Waals surface area contributed by atoms with Crippen molar-refractivity contribution in [2.45, 2.75) is 38.6 Å². The second-order valence-electron chi connectivity index (χ2n) is 4.90. The highest BCUT2D eigenvalue weighted by molar-refractivity contribution is 5.92. The smallest absolute Gasteiger partial charge is 0.273 e. The van der Waals surface area contributed by atoms with Crippen molar-refractivity contribution in [3.8, 4) is 0 Å². The van der Waals surface area contributed by atoms with E-state index in [0.29, 0.717) is 11.6 Å². The summed E-state index contributed by atoms with van der Waals surface area (Å²) in [4.78, 5) is 11.8. The summed E-state index contributed by atoms with van der Waals surface area (Å²) in [7, 11) is 0. The van der Waals surface area contributed by atoms with Gasteiger partial charge >= 0.3 is 0 Å². The van der Waals surface area contributed by atoms with Crippen molar-refractivity contribution in [2.24, 2.45) is 5.92 Å². The van der Waals surface area contributed by atoms with Crippen molar-refractivity contribution in [1.82, 2.24) is 10.5 Å². The van der Waals surface area contributed by atoms with Crippen LogP contribution in [0.15, 0.2) is 10.6 Å². The number of hydrogen-bond acceptors (Lipinski definition) is 4. The van der Waals surface area contributed by atoms with E-state index < -0.39 is 0 Å². The van der Waals surface area contributed by atoms with Crippen molar-refractivity contribution in [3.63, 3.8) is 0 Å². The Bertz CT molecular complexity index is 396. The first-order chi connectivity index (χ1) is 8.11. The van der Waals surface area contributed by atoms with Crippen LogP contribution in [0, 0.1) is 5.92 Å². The zero-order valence-corrected chi connectivity index (χ0v) is 10.1. The van der Waals surface area contributed by atoms with Gasteiger partial charge in [-0.05, 0) is 18.8 Å². The Kier molecular flexibility index (Phi) is 3.47. The first kappa shape index (κ1) is 12.1. The molecule has 1 amide bonds. The van der Waals surface area contributed by atoms with Gasteiger partial charge in [0, 0.05) is 12.0 Å². The Morgan fingerprint density at radius 1 is 1.65 bits per heavy atom. The average molecular weight is 238 g/mol. The van der Waals surface area contributed by atoms with Crippen LogP contribution in [-0.4, -0.2) is 28.8 Å². The molecule has 1 aliphatic carbocycles. The molecule has 0 saturated heterocycles. The van der Waals surface area contributed by atoms with Crippen LogP contribution in [0.5, 0.6) is 0 Å². The van der Waals surface area contributed by atoms with Crippen molar-refractivity contribution in [3.05, 3.63) is 17.5 Å². The maximum Gasteiger partial charge on any atom is 0.273 e. The topological polar surface area (TPSA) is 75.4 Å². The number of aliphatic hydroxyl groups is 1. The summed E-state index contributed by atoms with van der Waals surface area (Å²) in [6, 6.07) is 1.45. The second-order valence-corrected chi connectivity index (χ2v) is 4.90. The van der Waals surface area contributed by atoms with E-state index in [1.54, 1.807) is 6.07 Å². The van der Waals surface area contributed by atoms with E-state index in [1.165, 1.54) is 0 Å². The maximum atomic E-state index is 11.8. The Labute approximate surface area is 100 Å². The summed E-state index contributed by atoms with van der Waals surface area (Å²) in [5, 5.41) is 15.6. The first-order valence-electron chi connectivity index (χ1n) is 6.00. The molecule has 1 unspecified atom stereocenters. The predicted octanol–water partition coefficient (Wildman–Crippen LogP) is 1.30. The first-order valence-corrected chi connectivity index (χ1v) is 6.00. The SMILES string of the molecule is CC(C)C(CO)NC(=O)c1cc(C2CC2)on1. The number of aromatic nitrogens is 1. The molecule has 1 fully saturated rings. The Morgan fingerprint density at radius 2 is 2.35 bits per heavy atom. The highest BCUT2D eigenvalue weighted by Crippen LogP contribution is 2.40. The molecule has 2 N–H and O–H groups in total. The molecule has 0 bridgehead atoms. The van der Waals surface area contributed by atoms with Crippen molar-refractivity contribution in [2.75, 3.05) is 6.61 Å². The van der Waals surface area contributed by atoms with E-state index in [1.807, 2.05) is 13.8 Å². The van der Waals surface area contributed by atoms with Gasteiger partial charge in [-0.25, -0.2) is 0 Å². The third kappa shape index (κ3) is 2.85. The molecule has 5 nitrogen and oxygen atoms in total. The van der Waals surface area contributed by atoms with Crippen LogP contribution in [-0.2, 0) is 0 Å². The quantitative estimate of drug-likeness (QED) is 0.810. The number of carbonyl (C=O) groups excluding carboxylic acids is 1. The number of aliphatic hydroxyl groups excluding tert-OH is 1. The van der Waals surface area contributed by atoms with Gasteiger partial charge in [-0.15, -0.1) is 0 Å². The molecule has 0 aliphatic heterocycles. The number of rotatable bonds is 5. The molecule has 2 rings (SSSR count). The van der Waals surface area contributed by atoms with Gasteiger partial charge in [-0.3, -0.25) is 4.79 Å². The lowest BCUT2D eigenvalue weighted by Crippen LogP contribution is -2.41. The predicted molar refractivity (Wildman–Crippen MR) is 61.7 cm³/mol. The molecular formula is C12H18N2O3. The molecule has 1 heterocycles. The van der Waals surface area contributed by atoms with Crippen LogP contribution in [0.1, 0.15) is 48.9 Å². The van der Waals surface area contributed by atoms with Crippen LogP contribution in [0.4, 0.5) is 0 Å². The summed E-state index contributed by atoms with van der Waals surface area (Å²) in [6.07, 6.45) is 2.23. The van der Waals surface area contributed by atoms with Crippen LogP contribution in [0.25, 0.3) is 0 Å². The molecule has 5 heteroatoms. The summed E-state index contributed by atoms with van der Waals surface area (Å²) in [5.41, 5.74) is 0.297. The zero-order chi connectivity index (χ0) is 12.4. The normalized spacial score (nSPS) is 17.2. The van der Waals surface area contributed by atoms with Gasteiger partial charge in [-0.2, -0.15) is 0 Å². The number of hydrogen-bond donors (Lipinski definition) is 2. The molecule has 17 heavy (non-hydrogen) atoms. The van der Waals surface area contributed by atoms with Gasteiger partial charge in [-0.1, -0.05) is 19.0 Å². The average Bonchev–Trinajstić information content (AvgIpc) is 3.03. The van der Waals surface area contributed by atoms with E-state index in [4.69, 9.17) is 9.63 Å². The summed E-state index contributed by atoms with van der Waals surface area (Å²) in [5.74, 6) is 1.13. The number of nitrogens with zero attached hydrogens (tertiary/aromatic N) is 1. The lowest BCUT2D eigenvalue weighted by atomic mass is 10.1. The number of carbonyl (C=O) groups is 1. The van der Waals surface area contributed by atoms with E-state index in [9.17, 15) is 4.79 Å². The van der Waals surface area contributed by atoms with Crippen LogP contribution in [0.3, 0.4) is 0 Å². The zero-order valence-electron chi connectivity index (χ0n) is 10.1. The molecule has 1 aromatic heterocycles. The Hall–Kier alpha value is -1.36. The lowest BCUT2D eigenvalue weighted by molar-refractivity contribution is 0.0887. The molecule has 0 spiro atoms. The molecule has 1 aromatic rings. The maximum absolute atomic E-state index is 11.8. The molecule has 0 aromatic carbocycles. The van der Waals surface area contributed by atoms with Gasteiger partial charge in [0.1, 0.15) is 5.76 Å². The fraction of sp³-hybridized carbons (Fsp3) is 0.667. The van der Waals surface area contributed by atoms with Gasteiger partial charge in [0.25, 0.3) is 5.91 Å². The van der Waals surface area contributed by atoms with E-state index in [-0.39, 0.29) is 24.5 Å². The standard InChI is InChI=1S/C12H18N2O3/c1-7(2)10(6-15)13-12(16)9-5-11(17-14-9)8-3-4-8/h5,7-8,10,15H,3-4,6H2,1-2H3,(H,13,16). The number of nitrogens with one attached hydrogen (secondary N) is 1.